The van der Waals surface area contributed by atoms with Gasteiger partial charge in [-0.1, -0.05) is 36.4 Å². The average molecular weight is 370 g/mol. The smallest absolute Gasteiger partial charge is 0.340 e. The summed E-state index contributed by atoms with van der Waals surface area (Å²) in [4.78, 5) is 11.9. The summed E-state index contributed by atoms with van der Waals surface area (Å²) < 4.78 is 33.8. The Balaban J connectivity index is 2.40. The molecule has 0 aliphatic heterocycles. The number of rotatable bonds is 6. The normalized spacial score (nSPS) is 11.1. The van der Waals surface area contributed by atoms with Crippen molar-refractivity contribution in [2.45, 2.75) is 11.8 Å². The molecule has 0 aliphatic rings. The van der Waals surface area contributed by atoms with Crippen LogP contribution in [0, 0.1) is 6.92 Å². The highest BCUT2D eigenvalue weighted by atomic mass is 35.5. The van der Waals surface area contributed by atoms with Crippen molar-refractivity contribution in [1.29, 1.82) is 0 Å². The minimum absolute atomic E-state index is 0.0213. The molecule has 0 saturated heterocycles. The number of nitrogens with one attached hydrogen (secondary N) is 1. The number of anilines is 1. The van der Waals surface area contributed by atoms with E-state index in [4.69, 9.17) is 16.3 Å². The zero-order valence-corrected chi connectivity index (χ0v) is 14.7. The summed E-state index contributed by atoms with van der Waals surface area (Å²) in [6, 6.07) is 6.12. The van der Waals surface area contributed by atoms with Gasteiger partial charge in [-0.05, 0) is 19.1 Å². The number of nitrogens with zero attached hydrogens (tertiary/aromatic N) is 2. The molecule has 1 aromatic heterocycles. The maximum absolute atomic E-state index is 12.6. The number of carbonyl (C=O) groups excluding carboxylic acids is 1. The third kappa shape index (κ3) is 3.60. The maximum atomic E-state index is 12.6. The van der Waals surface area contributed by atoms with Crippen LogP contribution < -0.4 is 4.72 Å². The van der Waals surface area contributed by atoms with Gasteiger partial charge in [0.25, 0.3) is 10.0 Å². The summed E-state index contributed by atoms with van der Waals surface area (Å²) in [5, 5.41) is 3.96. The molecule has 2 rings (SSSR count). The van der Waals surface area contributed by atoms with Gasteiger partial charge in [0.1, 0.15) is 16.7 Å². The molecule has 7 nitrogen and oxygen atoms in total. The molecular weight excluding hydrogens is 354 g/mol. The van der Waals surface area contributed by atoms with Crippen LogP contribution >= 0.6 is 11.6 Å². The first kappa shape index (κ1) is 18.0. The molecule has 0 aliphatic carbocycles. The van der Waals surface area contributed by atoms with Gasteiger partial charge in [0.05, 0.1) is 16.9 Å². The molecule has 0 saturated carbocycles. The lowest BCUT2D eigenvalue weighted by molar-refractivity contribution is 0.0551. The lowest BCUT2D eigenvalue weighted by Crippen LogP contribution is -2.17. The topological polar surface area (TPSA) is 90.3 Å². The third-order valence-electron chi connectivity index (χ3n) is 3.09. The fourth-order valence-corrected chi connectivity index (χ4v) is 3.91. The minimum atomic E-state index is -4.02. The van der Waals surface area contributed by atoms with Crippen molar-refractivity contribution in [3.8, 4) is 0 Å². The van der Waals surface area contributed by atoms with Crippen LogP contribution in [0.5, 0.6) is 0 Å². The van der Waals surface area contributed by atoms with Crippen LogP contribution in [0.15, 0.2) is 41.8 Å². The lowest BCUT2D eigenvalue weighted by atomic mass is 10.2. The van der Waals surface area contributed by atoms with Gasteiger partial charge < -0.3 is 4.74 Å². The van der Waals surface area contributed by atoms with Crippen molar-refractivity contribution in [3.63, 3.8) is 0 Å². The van der Waals surface area contributed by atoms with Crippen LogP contribution in [-0.4, -0.2) is 30.8 Å². The molecule has 0 bridgehead atoms. The van der Waals surface area contributed by atoms with Crippen molar-refractivity contribution in [3.05, 3.63) is 53.3 Å². The van der Waals surface area contributed by atoms with Gasteiger partial charge in [0.2, 0.25) is 0 Å². The van der Waals surface area contributed by atoms with Crippen LogP contribution in [0.2, 0.25) is 5.15 Å². The van der Waals surface area contributed by atoms with E-state index in [1.54, 1.807) is 12.1 Å². The van der Waals surface area contributed by atoms with Crippen LogP contribution in [0.1, 0.15) is 16.1 Å². The number of para-hydroxylation sites is 1. The highest BCUT2D eigenvalue weighted by Crippen LogP contribution is 2.27. The number of esters is 1. The van der Waals surface area contributed by atoms with E-state index < -0.39 is 16.0 Å². The molecule has 1 aromatic carbocycles. The Morgan fingerprint density at radius 1 is 1.46 bits per heavy atom. The molecule has 9 heteroatoms. The van der Waals surface area contributed by atoms with Gasteiger partial charge in [-0.2, -0.15) is 5.10 Å². The van der Waals surface area contributed by atoms with Gasteiger partial charge in [0, 0.05) is 7.05 Å². The Morgan fingerprint density at radius 2 is 2.12 bits per heavy atom. The predicted octanol–water partition coefficient (Wildman–Crippen LogP) is 2.53. The molecule has 1 N–H and O–H groups in total. The molecule has 24 heavy (non-hydrogen) atoms. The first-order chi connectivity index (χ1) is 11.3. The molecule has 0 radical (unpaired) electrons. The second-order valence-corrected chi connectivity index (χ2v) is 6.84. The molecule has 0 unspecified atom stereocenters. The number of carbonyl (C=O) groups is 1. The van der Waals surface area contributed by atoms with Crippen molar-refractivity contribution in [2.24, 2.45) is 7.05 Å². The Kier molecular flexibility index (Phi) is 5.30. The summed E-state index contributed by atoms with van der Waals surface area (Å²) in [7, 11) is -2.49. The molecule has 0 amide bonds. The van der Waals surface area contributed by atoms with Gasteiger partial charge >= 0.3 is 5.97 Å². The van der Waals surface area contributed by atoms with Crippen molar-refractivity contribution < 1.29 is 17.9 Å². The van der Waals surface area contributed by atoms with E-state index in [2.05, 4.69) is 16.4 Å². The first-order valence-electron chi connectivity index (χ1n) is 6.87. The van der Waals surface area contributed by atoms with Crippen LogP contribution in [0.25, 0.3) is 0 Å². The predicted molar refractivity (Wildman–Crippen MR) is 90.7 cm³/mol. The number of ether oxygens (including phenoxy) is 1. The van der Waals surface area contributed by atoms with Gasteiger partial charge in [-0.15, -0.1) is 0 Å². The number of sulfonamides is 1. The van der Waals surface area contributed by atoms with E-state index in [0.717, 1.165) is 0 Å². The van der Waals surface area contributed by atoms with Crippen LogP contribution in [-0.2, 0) is 21.8 Å². The van der Waals surface area contributed by atoms with Crippen LogP contribution in [0.3, 0.4) is 0 Å². The Bertz CT molecular complexity index is 890. The number of aromatic nitrogens is 2. The van der Waals surface area contributed by atoms with E-state index in [0.29, 0.717) is 0 Å². The highest BCUT2D eigenvalue weighted by Gasteiger charge is 2.26. The van der Waals surface area contributed by atoms with E-state index >= 15 is 0 Å². The molecule has 128 valence electrons. The number of hydrogen-bond donors (Lipinski definition) is 1. The van der Waals surface area contributed by atoms with E-state index in [9.17, 15) is 13.2 Å². The minimum Gasteiger partial charge on any atom is -0.458 e. The van der Waals surface area contributed by atoms with Gasteiger partial charge in [-0.25, -0.2) is 13.2 Å². The summed E-state index contributed by atoms with van der Waals surface area (Å²) >= 11 is 6.01. The largest absolute Gasteiger partial charge is 0.458 e. The summed E-state index contributed by atoms with van der Waals surface area (Å²) in [6.07, 6.45) is 1.42. The standard InChI is InChI=1S/C15H16ClN3O4S/c1-4-9-23-15(20)11-7-5-6-8-12(11)18-24(21,22)13-10(2)17-19(3)14(13)16/h4-8,18H,1,9H2,2-3H3. The van der Waals surface area contributed by atoms with E-state index in [-0.39, 0.29) is 33.6 Å². The number of benzene rings is 1. The molecule has 1 heterocycles. The van der Waals surface area contributed by atoms with E-state index in [1.165, 1.54) is 36.9 Å². The Labute approximate surface area is 144 Å². The third-order valence-corrected chi connectivity index (χ3v) is 5.15. The van der Waals surface area contributed by atoms with Gasteiger partial charge in [0.15, 0.2) is 0 Å². The van der Waals surface area contributed by atoms with Crippen LogP contribution in [0.4, 0.5) is 5.69 Å². The SMILES string of the molecule is C=CCOC(=O)c1ccccc1NS(=O)(=O)c1c(C)nn(C)c1Cl. The zero-order chi connectivity index (χ0) is 17.9. The van der Waals surface area contributed by atoms with Gasteiger partial charge in [-0.3, -0.25) is 9.40 Å². The average Bonchev–Trinajstić information content (AvgIpc) is 2.78. The summed E-state index contributed by atoms with van der Waals surface area (Å²) in [5.74, 6) is -0.665. The second kappa shape index (κ2) is 7.06. The zero-order valence-electron chi connectivity index (χ0n) is 13.1. The summed E-state index contributed by atoms with van der Waals surface area (Å²) in [6.45, 7) is 5.01. The molecule has 0 spiro atoms. The molecular formula is C15H16ClN3O4S. The molecule has 2 aromatic rings. The molecule has 0 atom stereocenters. The first-order valence-corrected chi connectivity index (χ1v) is 8.73. The maximum Gasteiger partial charge on any atom is 0.340 e. The number of halogens is 1. The van der Waals surface area contributed by atoms with E-state index in [1.807, 2.05) is 0 Å². The Hall–Kier alpha value is -2.32. The number of hydrogen-bond acceptors (Lipinski definition) is 5. The lowest BCUT2D eigenvalue weighted by Gasteiger charge is -2.11. The second-order valence-electron chi connectivity index (χ2n) is 4.87. The van der Waals surface area contributed by atoms with Crippen molar-refractivity contribution in [2.75, 3.05) is 11.3 Å². The fraction of sp³-hybridized carbons (Fsp3) is 0.200. The monoisotopic (exact) mass is 369 g/mol. The quantitative estimate of drug-likeness (QED) is 0.624. The Morgan fingerprint density at radius 3 is 2.71 bits per heavy atom. The molecule has 0 fully saturated rings. The summed E-state index contributed by atoms with van der Waals surface area (Å²) in [5.41, 5.74) is 0.424. The van der Waals surface area contributed by atoms with Crippen molar-refractivity contribution in [1.82, 2.24) is 9.78 Å². The van der Waals surface area contributed by atoms with Crippen molar-refractivity contribution >= 4 is 33.3 Å². The number of aryl methyl sites for hydroxylation is 2. The fourth-order valence-electron chi connectivity index (χ4n) is 2.07. The highest BCUT2D eigenvalue weighted by molar-refractivity contribution is 7.92.